The zero-order valence-electron chi connectivity index (χ0n) is 14.8. The molecule has 1 aliphatic carbocycles. The lowest BCUT2D eigenvalue weighted by atomic mass is 9.96. The number of hydrogen-bond acceptors (Lipinski definition) is 4. The van der Waals surface area contributed by atoms with E-state index in [4.69, 9.17) is 5.73 Å². The molecule has 0 atom stereocenters. The number of primary amides is 1. The first kappa shape index (κ1) is 16.6. The van der Waals surface area contributed by atoms with Crippen molar-refractivity contribution in [2.24, 2.45) is 5.73 Å². The first-order chi connectivity index (χ1) is 12.6. The largest absolute Gasteiger partial charge is 0.384 e. The van der Waals surface area contributed by atoms with E-state index in [1.165, 1.54) is 5.56 Å². The lowest BCUT2D eigenvalue weighted by Crippen LogP contribution is -2.25. The van der Waals surface area contributed by atoms with E-state index in [9.17, 15) is 9.59 Å². The Morgan fingerprint density at radius 3 is 2.85 bits per heavy atom. The molecule has 0 radical (unpaired) electrons. The number of nitrogens with two attached hydrogens (primary N) is 1. The van der Waals surface area contributed by atoms with Gasteiger partial charge in [-0.15, -0.1) is 0 Å². The number of pyridine rings is 1. The average molecular weight is 350 g/mol. The molecule has 0 unspecified atom stereocenters. The highest BCUT2D eigenvalue weighted by molar-refractivity contribution is 6.01. The van der Waals surface area contributed by atoms with E-state index in [1.807, 2.05) is 6.07 Å². The Kier molecular flexibility index (Phi) is 4.11. The number of anilines is 1. The van der Waals surface area contributed by atoms with Gasteiger partial charge >= 0.3 is 0 Å². The lowest BCUT2D eigenvalue weighted by molar-refractivity contribution is 0.0957. The molecule has 4 N–H and O–H groups in total. The maximum atomic E-state index is 12.4. The molecule has 0 saturated heterocycles. The number of carbonyl (C=O) groups excluding carboxylic acids is 2. The van der Waals surface area contributed by atoms with Crippen molar-refractivity contribution in [1.29, 1.82) is 0 Å². The number of fused-ring (bicyclic) bond motifs is 1. The van der Waals surface area contributed by atoms with E-state index >= 15 is 0 Å². The third-order valence-corrected chi connectivity index (χ3v) is 5.14. The molecule has 26 heavy (non-hydrogen) atoms. The second-order valence-corrected chi connectivity index (χ2v) is 6.94. The predicted molar refractivity (Wildman–Crippen MR) is 99.6 cm³/mol. The van der Waals surface area contributed by atoms with Crippen LogP contribution in [0.1, 0.15) is 62.0 Å². The monoisotopic (exact) mass is 350 g/mol. The molecular weight excluding hydrogens is 328 g/mol. The number of nitrogens with one attached hydrogen (secondary N) is 2. The first-order valence-corrected chi connectivity index (χ1v) is 8.98. The van der Waals surface area contributed by atoms with Crippen LogP contribution in [0.25, 0.3) is 0 Å². The van der Waals surface area contributed by atoms with Crippen LogP contribution in [-0.2, 0) is 12.8 Å². The molecule has 2 amide bonds. The second kappa shape index (κ2) is 6.44. The van der Waals surface area contributed by atoms with Crippen LogP contribution in [0.4, 0.5) is 5.69 Å². The Labute approximate surface area is 152 Å². The van der Waals surface area contributed by atoms with Crippen molar-refractivity contribution in [1.82, 2.24) is 10.3 Å². The van der Waals surface area contributed by atoms with E-state index in [1.54, 1.807) is 13.1 Å². The molecule has 0 bridgehead atoms. The molecule has 1 aromatic heterocycles. The summed E-state index contributed by atoms with van der Waals surface area (Å²) in [7, 11) is 1.58. The van der Waals surface area contributed by atoms with Crippen LogP contribution in [0.2, 0.25) is 0 Å². The molecule has 1 saturated carbocycles. The van der Waals surface area contributed by atoms with Gasteiger partial charge in [0.05, 0.1) is 0 Å². The topological polar surface area (TPSA) is 97.1 Å². The molecule has 134 valence electrons. The zero-order valence-corrected chi connectivity index (χ0v) is 14.8. The average Bonchev–Trinajstić information content (AvgIpc) is 3.36. The van der Waals surface area contributed by atoms with Gasteiger partial charge in [0.2, 0.25) is 5.91 Å². The molecule has 0 spiro atoms. The van der Waals surface area contributed by atoms with Crippen molar-refractivity contribution < 1.29 is 9.59 Å². The molecule has 1 aliphatic heterocycles. The van der Waals surface area contributed by atoms with Crippen LogP contribution in [0, 0.1) is 0 Å². The van der Waals surface area contributed by atoms with Gasteiger partial charge in [-0.25, -0.2) is 4.98 Å². The third-order valence-electron chi connectivity index (χ3n) is 5.14. The maximum Gasteiger partial charge on any atom is 0.269 e. The van der Waals surface area contributed by atoms with Gasteiger partial charge in [-0.1, -0.05) is 12.1 Å². The molecule has 1 aromatic carbocycles. The Morgan fingerprint density at radius 1 is 1.35 bits per heavy atom. The van der Waals surface area contributed by atoms with Crippen LogP contribution in [0.5, 0.6) is 0 Å². The summed E-state index contributed by atoms with van der Waals surface area (Å²) in [5.41, 5.74) is 11.4. The highest BCUT2D eigenvalue weighted by atomic mass is 16.2. The first-order valence-electron chi connectivity index (χ1n) is 8.98. The van der Waals surface area contributed by atoms with Crippen LogP contribution in [-0.4, -0.2) is 30.4 Å². The van der Waals surface area contributed by atoms with Crippen molar-refractivity contribution >= 4 is 17.5 Å². The van der Waals surface area contributed by atoms with E-state index in [0.717, 1.165) is 37.1 Å². The summed E-state index contributed by atoms with van der Waals surface area (Å²) in [6.07, 6.45) is 3.46. The van der Waals surface area contributed by atoms with E-state index in [-0.39, 0.29) is 11.8 Å². The Hall–Kier alpha value is -2.89. The summed E-state index contributed by atoms with van der Waals surface area (Å²) in [6, 6.07) is 7.93. The summed E-state index contributed by atoms with van der Waals surface area (Å²) < 4.78 is 0. The van der Waals surface area contributed by atoms with Crippen molar-refractivity contribution in [2.75, 3.05) is 18.9 Å². The van der Waals surface area contributed by atoms with Gasteiger partial charge in [-0.2, -0.15) is 0 Å². The van der Waals surface area contributed by atoms with Gasteiger partial charge in [0.15, 0.2) is 0 Å². The quantitative estimate of drug-likeness (QED) is 0.768. The van der Waals surface area contributed by atoms with Gasteiger partial charge in [0.25, 0.3) is 5.91 Å². The van der Waals surface area contributed by atoms with Gasteiger partial charge in [0.1, 0.15) is 5.69 Å². The Balaban J connectivity index is 1.80. The van der Waals surface area contributed by atoms with E-state index in [0.29, 0.717) is 28.9 Å². The van der Waals surface area contributed by atoms with Crippen LogP contribution >= 0.6 is 0 Å². The van der Waals surface area contributed by atoms with Crippen LogP contribution in [0.3, 0.4) is 0 Å². The van der Waals surface area contributed by atoms with Crippen LogP contribution in [0.15, 0.2) is 24.3 Å². The standard InChI is InChI=1S/C20H22N4O2/c1-22-20(26)18-17(11-5-6-11)15(19(21)25)10-13(24-18)9-12-3-2-4-16-14(12)7-8-23-16/h2-4,10-11,23H,5-9H2,1H3,(H2,21,25)(H,22,26). The van der Waals surface area contributed by atoms with Gasteiger partial charge in [-0.3, -0.25) is 9.59 Å². The van der Waals surface area contributed by atoms with Crippen molar-refractivity contribution in [3.05, 3.63) is 57.9 Å². The molecular formula is C20H22N4O2. The summed E-state index contributed by atoms with van der Waals surface area (Å²) in [5, 5.41) is 6.01. The summed E-state index contributed by atoms with van der Waals surface area (Å²) in [6.45, 7) is 0.927. The third kappa shape index (κ3) is 2.92. The summed E-state index contributed by atoms with van der Waals surface area (Å²) in [4.78, 5) is 29.1. The highest BCUT2D eigenvalue weighted by Gasteiger charge is 2.33. The fourth-order valence-corrected chi connectivity index (χ4v) is 3.76. The number of rotatable bonds is 5. The van der Waals surface area contributed by atoms with Crippen molar-refractivity contribution in [2.45, 2.75) is 31.6 Å². The van der Waals surface area contributed by atoms with Gasteiger partial charge in [-0.05, 0) is 54.0 Å². The smallest absolute Gasteiger partial charge is 0.269 e. The predicted octanol–water partition coefficient (Wildman–Crippen LogP) is 1.98. The van der Waals surface area contributed by atoms with Gasteiger partial charge in [0, 0.05) is 37.0 Å². The maximum absolute atomic E-state index is 12.4. The molecule has 6 heteroatoms. The number of benzene rings is 1. The van der Waals surface area contributed by atoms with E-state index < -0.39 is 5.91 Å². The summed E-state index contributed by atoms with van der Waals surface area (Å²) >= 11 is 0. The molecule has 1 fully saturated rings. The van der Waals surface area contributed by atoms with E-state index in [2.05, 4.69) is 27.8 Å². The summed E-state index contributed by atoms with van der Waals surface area (Å²) in [5.74, 6) is -0.562. The minimum Gasteiger partial charge on any atom is -0.384 e. The zero-order chi connectivity index (χ0) is 18.3. The number of carbonyl (C=O) groups is 2. The fraction of sp³-hybridized carbons (Fsp3) is 0.350. The normalized spacial score (nSPS) is 15.3. The van der Waals surface area contributed by atoms with Crippen LogP contribution < -0.4 is 16.4 Å². The number of aromatic nitrogens is 1. The molecule has 2 heterocycles. The Bertz CT molecular complexity index is 903. The number of amides is 2. The SMILES string of the molecule is CNC(=O)c1nc(Cc2cccc3c2CCN3)cc(C(N)=O)c1C1CC1. The molecule has 2 aromatic rings. The minimum atomic E-state index is -0.499. The number of nitrogens with zero attached hydrogens (tertiary/aromatic N) is 1. The lowest BCUT2D eigenvalue weighted by Gasteiger charge is -2.14. The van der Waals surface area contributed by atoms with Crippen molar-refractivity contribution in [3.63, 3.8) is 0 Å². The minimum absolute atomic E-state index is 0.205. The second-order valence-electron chi connectivity index (χ2n) is 6.94. The Morgan fingerprint density at radius 2 is 2.15 bits per heavy atom. The number of hydrogen-bond donors (Lipinski definition) is 3. The molecule has 4 rings (SSSR count). The van der Waals surface area contributed by atoms with Crippen molar-refractivity contribution in [3.8, 4) is 0 Å². The van der Waals surface area contributed by atoms with Gasteiger partial charge < -0.3 is 16.4 Å². The highest BCUT2D eigenvalue weighted by Crippen LogP contribution is 2.43. The fourth-order valence-electron chi connectivity index (χ4n) is 3.76. The molecule has 6 nitrogen and oxygen atoms in total. The molecule has 2 aliphatic rings.